The molecule has 7 nitrogen and oxygen atoms in total. The van der Waals surface area contributed by atoms with Gasteiger partial charge in [0.15, 0.2) is 5.82 Å². The Morgan fingerprint density at radius 3 is 2.62 bits per heavy atom. The van der Waals surface area contributed by atoms with Crippen LogP contribution < -0.4 is 9.64 Å². The molecule has 0 aliphatic heterocycles. The van der Waals surface area contributed by atoms with Crippen molar-refractivity contribution in [2.75, 3.05) is 11.9 Å². The first-order chi connectivity index (χ1) is 12.3. The van der Waals surface area contributed by atoms with Crippen molar-refractivity contribution in [1.29, 1.82) is 0 Å². The molecule has 3 rings (SSSR count). The van der Waals surface area contributed by atoms with Crippen LogP contribution >= 0.6 is 0 Å². The molecule has 8 heteroatoms. The lowest BCUT2D eigenvalue weighted by Gasteiger charge is -2.25. The third-order valence-electron chi connectivity index (χ3n) is 3.93. The summed E-state index contributed by atoms with van der Waals surface area (Å²) in [6, 6.07) is 7.69. The van der Waals surface area contributed by atoms with Gasteiger partial charge in [0.25, 0.3) is 0 Å². The van der Waals surface area contributed by atoms with Crippen LogP contribution in [0, 0.1) is 5.95 Å². The number of anilines is 1. The first-order valence-corrected chi connectivity index (χ1v) is 7.92. The molecule has 0 amide bonds. The van der Waals surface area contributed by atoms with E-state index in [1.54, 1.807) is 12.1 Å². The van der Waals surface area contributed by atoms with Crippen molar-refractivity contribution in [3.63, 3.8) is 0 Å². The number of aromatic nitrogens is 3. The minimum atomic E-state index is -1.40. The van der Waals surface area contributed by atoms with E-state index in [2.05, 4.69) is 19.7 Å². The summed E-state index contributed by atoms with van der Waals surface area (Å²) in [5, 5.41) is 8.77. The normalized spacial score (nSPS) is 11.0. The van der Waals surface area contributed by atoms with Gasteiger partial charge >= 0.3 is 6.16 Å². The third kappa shape index (κ3) is 3.53. The molecule has 0 aliphatic carbocycles. The Morgan fingerprint density at radius 1 is 1.19 bits per heavy atom. The van der Waals surface area contributed by atoms with E-state index >= 15 is 0 Å². The molecule has 0 saturated carbocycles. The number of carboxylic acid groups (broad SMARTS) is 1. The molecular weight excluding hydrogens is 339 g/mol. The van der Waals surface area contributed by atoms with E-state index < -0.39 is 12.1 Å². The van der Waals surface area contributed by atoms with E-state index in [9.17, 15) is 9.18 Å². The number of pyridine rings is 1. The first-order valence-electron chi connectivity index (χ1n) is 7.92. The molecule has 1 aromatic carbocycles. The highest BCUT2D eigenvalue weighted by Crippen LogP contribution is 2.31. The summed E-state index contributed by atoms with van der Waals surface area (Å²) in [5.41, 5.74) is 2.09. The third-order valence-corrected chi connectivity index (χ3v) is 3.93. The number of ether oxygens (including phenoxy) is 1. The highest BCUT2D eigenvalue weighted by atomic mass is 19.1. The van der Waals surface area contributed by atoms with Crippen molar-refractivity contribution < 1.29 is 19.0 Å². The van der Waals surface area contributed by atoms with E-state index in [0.717, 1.165) is 0 Å². The predicted molar refractivity (Wildman–Crippen MR) is 94.9 cm³/mol. The second-order valence-corrected chi connectivity index (χ2v) is 5.99. The SMILES string of the molecule is CC(C)N(C)c1nc2cc(OC(=O)O)ccc2nc1-c1ccnc(F)c1. The van der Waals surface area contributed by atoms with E-state index in [1.807, 2.05) is 25.8 Å². The largest absolute Gasteiger partial charge is 0.511 e. The minimum Gasteiger partial charge on any atom is -0.449 e. The summed E-state index contributed by atoms with van der Waals surface area (Å²) in [6.07, 6.45) is -0.0276. The van der Waals surface area contributed by atoms with Gasteiger partial charge in [-0.2, -0.15) is 4.39 Å². The molecule has 0 aliphatic rings. The van der Waals surface area contributed by atoms with Crippen LogP contribution in [0.25, 0.3) is 22.3 Å². The predicted octanol–water partition coefficient (Wildman–Crippen LogP) is 3.73. The number of nitrogens with zero attached hydrogens (tertiary/aromatic N) is 4. The molecule has 1 N–H and O–H groups in total. The van der Waals surface area contributed by atoms with Gasteiger partial charge in [0.1, 0.15) is 11.4 Å². The maximum atomic E-state index is 13.6. The summed E-state index contributed by atoms with van der Waals surface area (Å²) < 4.78 is 18.3. The van der Waals surface area contributed by atoms with Crippen molar-refractivity contribution in [1.82, 2.24) is 15.0 Å². The topological polar surface area (TPSA) is 88.4 Å². The number of rotatable bonds is 4. The zero-order valence-electron chi connectivity index (χ0n) is 14.5. The molecule has 0 unspecified atom stereocenters. The van der Waals surface area contributed by atoms with Gasteiger partial charge in [0.2, 0.25) is 5.95 Å². The number of carbonyl (C=O) groups is 1. The molecule has 2 heterocycles. The van der Waals surface area contributed by atoms with Crippen LogP contribution in [-0.2, 0) is 0 Å². The van der Waals surface area contributed by atoms with Crippen molar-refractivity contribution in [3.8, 4) is 17.0 Å². The number of benzene rings is 1. The second-order valence-electron chi connectivity index (χ2n) is 5.99. The van der Waals surface area contributed by atoms with Gasteiger partial charge in [-0.25, -0.2) is 19.7 Å². The Labute approximate surface area is 149 Å². The molecule has 3 aromatic rings. The number of hydrogen-bond donors (Lipinski definition) is 1. The van der Waals surface area contributed by atoms with Crippen molar-refractivity contribution in [2.45, 2.75) is 19.9 Å². The lowest BCUT2D eigenvalue weighted by molar-refractivity contribution is 0.144. The Balaban J connectivity index is 2.21. The number of halogens is 1. The smallest absolute Gasteiger partial charge is 0.449 e. The van der Waals surface area contributed by atoms with Gasteiger partial charge in [0, 0.05) is 37.0 Å². The van der Waals surface area contributed by atoms with Crippen LogP contribution in [0.15, 0.2) is 36.5 Å². The highest BCUT2D eigenvalue weighted by Gasteiger charge is 2.18. The zero-order chi connectivity index (χ0) is 18.8. The van der Waals surface area contributed by atoms with E-state index in [1.165, 1.54) is 24.4 Å². The molecule has 26 heavy (non-hydrogen) atoms. The van der Waals surface area contributed by atoms with Gasteiger partial charge in [-0.1, -0.05) is 0 Å². The Bertz CT molecular complexity index is 978. The molecule has 0 atom stereocenters. The summed E-state index contributed by atoms with van der Waals surface area (Å²) >= 11 is 0. The fourth-order valence-electron chi connectivity index (χ4n) is 2.42. The quantitative estimate of drug-likeness (QED) is 0.433. The Hall–Kier alpha value is -3.29. The Morgan fingerprint density at radius 2 is 1.96 bits per heavy atom. The average Bonchev–Trinajstić information content (AvgIpc) is 2.59. The summed E-state index contributed by atoms with van der Waals surface area (Å²) in [6.45, 7) is 3.99. The number of hydrogen-bond acceptors (Lipinski definition) is 6. The summed E-state index contributed by atoms with van der Waals surface area (Å²) in [4.78, 5) is 25.4. The maximum absolute atomic E-state index is 13.6. The molecule has 0 radical (unpaired) electrons. The van der Waals surface area contributed by atoms with Crippen molar-refractivity contribution in [2.24, 2.45) is 0 Å². The standard InChI is InChI=1S/C18H17FN4O3/c1-10(2)23(3)17-16(11-6-7-20-15(19)8-11)21-13-5-4-12(26-18(24)25)9-14(13)22-17/h4-10H,1-3H3,(H,24,25). The lowest BCUT2D eigenvalue weighted by Crippen LogP contribution is -2.27. The molecule has 0 spiro atoms. The molecule has 0 bridgehead atoms. The van der Waals surface area contributed by atoms with Crippen LogP contribution in [0.2, 0.25) is 0 Å². The van der Waals surface area contributed by atoms with E-state index in [0.29, 0.717) is 28.1 Å². The second kappa shape index (κ2) is 6.91. The Kier molecular flexibility index (Phi) is 4.66. The van der Waals surface area contributed by atoms with Gasteiger partial charge in [-0.3, -0.25) is 0 Å². The fourth-order valence-corrected chi connectivity index (χ4v) is 2.42. The van der Waals surface area contributed by atoms with Crippen LogP contribution in [0.3, 0.4) is 0 Å². The first kappa shape index (κ1) is 17.5. The molecular formula is C18H17FN4O3. The molecule has 134 valence electrons. The lowest BCUT2D eigenvalue weighted by atomic mass is 10.1. The molecule has 0 saturated heterocycles. The summed E-state index contributed by atoms with van der Waals surface area (Å²) in [5.74, 6) is 0.0958. The zero-order valence-corrected chi connectivity index (χ0v) is 14.5. The van der Waals surface area contributed by atoms with Crippen LogP contribution in [0.5, 0.6) is 5.75 Å². The van der Waals surface area contributed by atoms with Crippen LogP contribution in [0.4, 0.5) is 15.0 Å². The van der Waals surface area contributed by atoms with Gasteiger partial charge in [-0.15, -0.1) is 0 Å². The number of fused-ring (bicyclic) bond motifs is 1. The maximum Gasteiger partial charge on any atom is 0.511 e. The molecule has 0 fully saturated rings. The fraction of sp³-hybridized carbons (Fsp3) is 0.222. The molecule has 2 aromatic heterocycles. The highest BCUT2D eigenvalue weighted by molar-refractivity contribution is 5.84. The minimum absolute atomic E-state index is 0.116. The van der Waals surface area contributed by atoms with Crippen molar-refractivity contribution >= 4 is 23.0 Å². The monoisotopic (exact) mass is 356 g/mol. The van der Waals surface area contributed by atoms with Gasteiger partial charge in [0.05, 0.1) is 11.0 Å². The van der Waals surface area contributed by atoms with Gasteiger partial charge in [-0.05, 0) is 32.0 Å². The van der Waals surface area contributed by atoms with Crippen LogP contribution in [-0.4, -0.2) is 39.3 Å². The van der Waals surface area contributed by atoms with E-state index in [4.69, 9.17) is 5.11 Å². The van der Waals surface area contributed by atoms with Gasteiger partial charge < -0.3 is 14.7 Å². The van der Waals surface area contributed by atoms with E-state index in [-0.39, 0.29) is 11.8 Å². The average molecular weight is 356 g/mol. The van der Waals surface area contributed by atoms with Crippen LogP contribution in [0.1, 0.15) is 13.8 Å². The summed E-state index contributed by atoms with van der Waals surface area (Å²) in [7, 11) is 1.86. The van der Waals surface area contributed by atoms with Crippen molar-refractivity contribution in [3.05, 3.63) is 42.5 Å².